The largest absolute Gasteiger partial charge is 0.444 e. The van der Waals surface area contributed by atoms with Crippen LogP contribution in [0.15, 0.2) is 40.7 Å². The van der Waals surface area contributed by atoms with Crippen molar-refractivity contribution in [1.82, 2.24) is 9.80 Å². The minimum atomic E-state index is -0.494. The molecule has 0 bridgehead atoms. The Morgan fingerprint density at radius 2 is 1.53 bits per heavy atom. The van der Waals surface area contributed by atoms with E-state index in [4.69, 9.17) is 4.74 Å². The molecule has 0 N–H and O–H groups in total. The van der Waals surface area contributed by atoms with Crippen molar-refractivity contribution in [2.75, 3.05) is 13.1 Å². The Bertz CT molecular complexity index is 732. The molecule has 1 amide bonds. The lowest BCUT2D eigenvalue weighted by molar-refractivity contribution is -0.00420. The van der Waals surface area contributed by atoms with Gasteiger partial charge in [-0.25, -0.2) is 4.79 Å². The molecule has 1 heterocycles. The van der Waals surface area contributed by atoms with Crippen molar-refractivity contribution in [3.8, 4) is 0 Å². The molecule has 1 aliphatic rings. The van der Waals surface area contributed by atoms with Gasteiger partial charge in [0.25, 0.3) is 0 Å². The fourth-order valence-corrected chi connectivity index (χ4v) is 4.12. The molecular weight excluding hydrogens is 374 g/mol. The van der Waals surface area contributed by atoms with Crippen LogP contribution in [0.5, 0.6) is 0 Å². The molecule has 1 saturated heterocycles. The number of allylic oxidation sites excluding steroid dienone is 4. The van der Waals surface area contributed by atoms with E-state index >= 15 is 0 Å². The van der Waals surface area contributed by atoms with Gasteiger partial charge < -0.3 is 14.5 Å². The molecule has 0 radical (unpaired) electrons. The minimum Gasteiger partial charge on any atom is -0.444 e. The highest BCUT2D eigenvalue weighted by Gasteiger charge is 2.36. The summed E-state index contributed by atoms with van der Waals surface area (Å²) in [6.45, 7) is 28.1. The highest BCUT2D eigenvalue weighted by molar-refractivity contribution is 6.03. The highest BCUT2D eigenvalue weighted by atomic mass is 16.6. The number of piperazine rings is 1. The van der Waals surface area contributed by atoms with Gasteiger partial charge in [0.1, 0.15) is 5.60 Å². The zero-order chi connectivity index (χ0) is 23.4. The van der Waals surface area contributed by atoms with Crippen molar-refractivity contribution in [1.29, 1.82) is 0 Å². The summed E-state index contributed by atoms with van der Waals surface area (Å²) in [4.78, 5) is 21.5. The SMILES string of the molecule is C=C\N=C(C)/C(C(=C\C)/C(C)(C)C)=C(\C)N1CC(C)N(C(=O)OC(C)(C)C)C[C@@H]1C. The summed E-state index contributed by atoms with van der Waals surface area (Å²) in [5.74, 6) is 0. The average Bonchev–Trinajstić information content (AvgIpc) is 2.58. The van der Waals surface area contributed by atoms with Crippen LogP contribution < -0.4 is 0 Å². The fraction of sp³-hybridized carbons (Fsp3) is 0.680. The second-order valence-corrected chi connectivity index (χ2v) is 10.3. The van der Waals surface area contributed by atoms with E-state index in [1.54, 1.807) is 6.20 Å². The van der Waals surface area contributed by atoms with Gasteiger partial charge in [-0.05, 0) is 66.4 Å². The number of nitrogens with zero attached hydrogens (tertiary/aromatic N) is 3. The molecule has 1 rings (SSSR count). The van der Waals surface area contributed by atoms with Gasteiger partial charge in [-0.1, -0.05) is 33.4 Å². The van der Waals surface area contributed by atoms with Gasteiger partial charge in [0.2, 0.25) is 0 Å². The van der Waals surface area contributed by atoms with Gasteiger partial charge in [0.05, 0.1) is 0 Å². The molecule has 0 aliphatic carbocycles. The van der Waals surface area contributed by atoms with Crippen LogP contribution in [0.4, 0.5) is 4.79 Å². The van der Waals surface area contributed by atoms with E-state index in [-0.39, 0.29) is 23.6 Å². The molecule has 0 spiro atoms. The number of aliphatic imine (C=N–C) groups is 1. The van der Waals surface area contributed by atoms with Crippen LogP contribution in [0.1, 0.15) is 76.2 Å². The average molecular weight is 418 g/mol. The lowest BCUT2D eigenvalue weighted by Gasteiger charge is -2.46. The summed E-state index contributed by atoms with van der Waals surface area (Å²) in [7, 11) is 0. The van der Waals surface area contributed by atoms with Gasteiger partial charge in [-0.3, -0.25) is 4.99 Å². The lowest BCUT2D eigenvalue weighted by Crippen LogP contribution is -2.58. The molecule has 1 fully saturated rings. The molecular formula is C25H43N3O2. The number of amides is 1. The zero-order valence-corrected chi connectivity index (χ0v) is 21.1. The smallest absolute Gasteiger partial charge is 0.410 e. The van der Waals surface area contributed by atoms with Crippen LogP contribution in [0.3, 0.4) is 0 Å². The molecule has 0 aromatic rings. The molecule has 0 aromatic carbocycles. The Balaban J connectivity index is 3.36. The van der Waals surface area contributed by atoms with E-state index in [1.807, 2.05) is 32.6 Å². The maximum absolute atomic E-state index is 12.7. The fourth-order valence-electron chi connectivity index (χ4n) is 4.12. The van der Waals surface area contributed by atoms with Gasteiger partial charge in [-0.2, -0.15) is 0 Å². The number of rotatable bonds is 4. The van der Waals surface area contributed by atoms with Crippen LogP contribution in [0.25, 0.3) is 0 Å². The van der Waals surface area contributed by atoms with Crippen LogP contribution in [-0.4, -0.2) is 52.4 Å². The first-order valence-corrected chi connectivity index (χ1v) is 10.9. The molecule has 30 heavy (non-hydrogen) atoms. The maximum atomic E-state index is 12.7. The summed E-state index contributed by atoms with van der Waals surface area (Å²) in [5.41, 5.74) is 4.05. The van der Waals surface area contributed by atoms with Gasteiger partial charge in [-0.15, -0.1) is 0 Å². The number of carbonyl (C=O) groups is 1. The number of hydrogen-bond donors (Lipinski definition) is 0. The second-order valence-electron chi connectivity index (χ2n) is 10.3. The highest BCUT2D eigenvalue weighted by Crippen LogP contribution is 2.35. The van der Waals surface area contributed by atoms with Crippen LogP contribution in [-0.2, 0) is 4.74 Å². The predicted molar refractivity (Wildman–Crippen MR) is 128 cm³/mol. The molecule has 0 saturated carbocycles. The molecule has 2 atom stereocenters. The topological polar surface area (TPSA) is 45.1 Å². The van der Waals surface area contributed by atoms with Crippen molar-refractivity contribution < 1.29 is 9.53 Å². The molecule has 170 valence electrons. The van der Waals surface area contributed by atoms with Crippen LogP contribution in [0.2, 0.25) is 0 Å². The van der Waals surface area contributed by atoms with E-state index in [1.165, 1.54) is 11.3 Å². The van der Waals surface area contributed by atoms with Crippen molar-refractivity contribution in [2.45, 2.75) is 93.8 Å². The number of hydrogen-bond acceptors (Lipinski definition) is 4. The Morgan fingerprint density at radius 3 is 1.97 bits per heavy atom. The molecule has 0 aromatic heterocycles. The summed E-state index contributed by atoms with van der Waals surface area (Å²) >= 11 is 0. The Labute approximate surface area is 184 Å². The number of ether oxygens (including phenoxy) is 1. The third kappa shape index (κ3) is 6.48. The second kappa shape index (κ2) is 9.84. The van der Waals surface area contributed by atoms with Crippen LogP contribution in [0, 0.1) is 5.41 Å². The molecule has 5 nitrogen and oxygen atoms in total. The van der Waals surface area contributed by atoms with Crippen molar-refractivity contribution in [2.24, 2.45) is 10.4 Å². The van der Waals surface area contributed by atoms with Gasteiger partial charge in [0.15, 0.2) is 0 Å². The van der Waals surface area contributed by atoms with E-state index in [2.05, 4.69) is 71.0 Å². The van der Waals surface area contributed by atoms with E-state index in [0.29, 0.717) is 6.54 Å². The lowest BCUT2D eigenvalue weighted by atomic mass is 9.79. The zero-order valence-electron chi connectivity index (χ0n) is 21.1. The van der Waals surface area contributed by atoms with Gasteiger partial charge >= 0.3 is 6.09 Å². The molecule has 1 unspecified atom stereocenters. The summed E-state index contributed by atoms with van der Waals surface area (Å²) in [5, 5.41) is 0. The van der Waals surface area contributed by atoms with Gasteiger partial charge in [0, 0.05) is 48.4 Å². The Morgan fingerprint density at radius 1 is 1.03 bits per heavy atom. The van der Waals surface area contributed by atoms with Crippen molar-refractivity contribution in [3.05, 3.63) is 35.7 Å². The third-order valence-electron chi connectivity index (χ3n) is 5.42. The monoisotopic (exact) mass is 417 g/mol. The first kappa shape index (κ1) is 26.0. The summed E-state index contributed by atoms with van der Waals surface area (Å²) in [6.07, 6.45) is 3.55. The Hall–Kier alpha value is -2.04. The van der Waals surface area contributed by atoms with Crippen molar-refractivity contribution >= 4 is 11.8 Å². The molecule has 5 heteroatoms. The van der Waals surface area contributed by atoms with E-state index < -0.39 is 5.60 Å². The Kier molecular flexibility index (Phi) is 8.53. The summed E-state index contributed by atoms with van der Waals surface area (Å²) < 4.78 is 5.63. The minimum absolute atomic E-state index is 0.0174. The molecule has 1 aliphatic heterocycles. The van der Waals surface area contributed by atoms with E-state index in [9.17, 15) is 4.79 Å². The van der Waals surface area contributed by atoms with E-state index in [0.717, 1.165) is 17.8 Å². The van der Waals surface area contributed by atoms with Crippen LogP contribution >= 0.6 is 0 Å². The first-order valence-electron chi connectivity index (χ1n) is 10.9. The quantitative estimate of drug-likeness (QED) is 0.405. The normalized spacial score (nSPS) is 22.6. The van der Waals surface area contributed by atoms with Crippen molar-refractivity contribution in [3.63, 3.8) is 0 Å². The first-order chi connectivity index (χ1) is 13.6. The summed E-state index contributed by atoms with van der Waals surface area (Å²) in [6, 6.07) is 0.214. The predicted octanol–water partition coefficient (Wildman–Crippen LogP) is 6.19. The maximum Gasteiger partial charge on any atom is 0.410 e. The third-order valence-corrected chi connectivity index (χ3v) is 5.42. The number of carbonyl (C=O) groups excluding carboxylic acids is 1. The standard InChI is InChI=1S/C25H43N3O2/c1-13-21(24(7,8)9)22(19(5)26-14-2)20(6)27-15-18(4)28(16-17(27)3)23(29)30-25(10,11)12/h13-14,17-18H,2,15-16H2,1,3-12H3/b21-13+,22-20-,26-19-/t17-,18?/m0/s1.